The molecule has 1 aliphatic rings. The second kappa shape index (κ2) is 4.29. The third-order valence-electron chi connectivity index (χ3n) is 2.52. The van der Waals surface area contributed by atoms with E-state index in [1.807, 2.05) is 12.1 Å². The summed E-state index contributed by atoms with van der Waals surface area (Å²) in [4.78, 5) is 0. The van der Waals surface area contributed by atoms with E-state index >= 15 is 0 Å². The zero-order chi connectivity index (χ0) is 9.80. The van der Waals surface area contributed by atoms with E-state index in [0.29, 0.717) is 0 Å². The van der Waals surface area contributed by atoms with Crippen molar-refractivity contribution >= 4 is 5.57 Å². The van der Waals surface area contributed by atoms with Gasteiger partial charge in [-0.3, -0.25) is 0 Å². The average Bonchev–Trinajstić information content (AvgIpc) is 2.30. The molecular formula is C12H15NO. The monoisotopic (exact) mass is 189 g/mol. The van der Waals surface area contributed by atoms with Crippen LogP contribution in [-0.2, 0) is 0 Å². The van der Waals surface area contributed by atoms with E-state index in [2.05, 4.69) is 23.5 Å². The predicted molar refractivity (Wildman–Crippen MR) is 58.5 cm³/mol. The highest BCUT2D eigenvalue weighted by molar-refractivity contribution is 5.67. The van der Waals surface area contributed by atoms with Crippen molar-refractivity contribution in [3.8, 4) is 5.75 Å². The van der Waals surface area contributed by atoms with Crippen molar-refractivity contribution in [1.29, 1.82) is 0 Å². The summed E-state index contributed by atoms with van der Waals surface area (Å²) >= 11 is 0. The van der Waals surface area contributed by atoms with Gasteiger partial charge in [0.1, 0.15) is 5.75 Å². The summed E-state index contributed by atoms with van der Waals surface area (Å²) in [6.07, 6.45) is 3.37. The van der Waals surface area contributed by atoms with E-state index in [0.717, 1.165) is 25.3 Å². The van der Waals surface area contributed by atoms with Crippen molar-refractivity contribution in [2.45, 2.75) is 6.42 Å². The molecule has 1 aromatic carbocycles. The quantitative estimate of drug-likeness (QED) is 0.769. The third kappa shape index (κ3) is 1.96. The fraction of sp³-hybridized carbons (Fsp3) is 0.333. The van der Waals surface area contributed by atoms with E-state index in [9.17, 15) is 0 Å². The minimum atomic E-state index is 0.920. The average molecular weight is 189 g/mol. The first-order chi connectivity index (χ1) is 6.90. The Balaban J connectivity index is 2.19. The third-order valence-corrected chi connectivity index (χ3v) is 2.52. The SMILES string of the molecule is COc1ccc(C2=CCNCC2)cc1. The minimum absolute atomic E-state index is 0.920. The zero-order valence-corrected chi connectivity index (χ0v) is 8.42. The number of benzene rings is 1. The smallest absolute Gasteiger partial charge is 0.118 e. The predicted octanol–water partition coefficient (Wildman–Crippen LogP) is 2.07. The van der Waals surface area contributed by atoms with Crippen molar-refractivity contribution in [3.63, 3.8) is 0 Å². The van der Waals surface area contributed by atoms with Gasteiger partial charge in [0.25, 0.3) is 0 Å². The van der Waals surface area contributed by atoms with E-state index in [1.165, 1.54) is 11.1 Å². The lowest BCUT2D eigenvalue weighted by molar-refractivity contribution is 0.415. The van der Waals surface area contributed by atoms with Crippen LogP contribution in [0.5, 0.6) is 5.75 Å². The van der Waals surface area contributed by atoms with Gasteiger partial charge in [-0.05, 0) is 36.2 Å². The van der Waals surface area contributed by atoms with Crippen molar-refractivity contribution in [2.24, 2.45) is 0 Å². The molecule has 0 spiro atoms. The topological polar surface area (TPSA) is 21.3 Å². The molecule has 14 heavy (non-hydrogen) atoms. The maximum Gasteiger partial charge on any atom is 0.118 e. The summed E-state index contributed by atoms with van der Waals surface area (Å²) in [5.41, 5.74) is 2.75. The number of hydrogen-bond donors (Lipinski definition) is 1. The van der Waals surface area contributed by atoms with Gasteiger partial charge in [-0.25, -0.2) is 0 Å². The van der Waals surface area contributed by atoms with Crippen molar-refractivity contribution in [3.05, 3.63) is 35.9 Å². The van der Waals surface area contributed by atoms with Gasteiger partial charge < -0.3 is 10.1 Å². The van der Waals surface area contributed by atoms with Gasteiger partial charge >= 0.3 is 0 Å². The number of rotatable bonds is 2. The van der Waals surface area contributed by atoms with E-state index < -0.39 is 0 Å². The van der Waals surface area contributed by atoms with Crippen LogP contribution < -0.4 is 10.1 Å². The minimum Gasteiger partial charge on any atom is -0.497 e. The lowest BCUT2D eigenvalue weighted by atomic mass is 10.0. The highest BCUT2D eigenvalue weighted by Crippen LogP contribution is 2.21. The van der Waals surface area contributed by atoms with Crippen LogP contribution >= 0.6 is 0 Å². The molecule has 2 rings (SSSR count). The standard InChI is InChI=1S/C12H15NO/c1-14-12-4-2-10(3-5-12)11-6-8-13-9-7-11/h2-6,13H,7-9H2,1H3. The summed E-state index contributed by atoms with van der Waals surface area (Å²) < 4.78 is 5.12. The maximum atomic E-state index is 5.12. The molecule has 0 saturated carbocycles. The van der Waals surface area contributed by atoms with Crippen LogP contribution in [0.1, 0.15) is 12.0 Å². The molecule has 0 amide bonds. The molecular weight excluding hydrogens is 174 g/mol. The zero-order valence-electron chi connectivity index (χ0n) is 8.42. The first kappa shape index (κ1) is 9.28. The van der Waals surface area contributed by atoms with E-state index in [1.54, 1.807) is 7.11 Å². The van der Waals surface area contributed by atoms with Gasteiger partial charge in [-0.15, -0.1) is 0 Å². The van der Waals surface area contributed by atoms with Gasteiger partial charge in [-0.1, -0.05) is 18.2 Å². The molecule has 0 aromatic heterocycles. The summed E-state index contributed by atoms with van der Waals surface area (Å²) in [6.45, 7) is 2.07. The molecule has 0 aliphatic carbocycles. The Hall–Kier alpha value is -1.28. The summed E-state index contributed by atoms with van der Waals surface area (Å²) in [7, 11) is 1.69. The maximum absolute atomic E-state index is 5.12. The van der Waals surface area contributed by atoms with Crippen molar-refractivity contribution < 1.29 is 4.74 Å². The number of methoxy groups -OCH3 is 1. The van der Waals surface area contributed by atoms with Gasteiger partial charge in [0.05, 0.1) is 7.11 Å². The molecule has 0 saturated heterocycles. The second-order valence-corrected chi connectivity index (χ2v) is 3.41. The Morgan fingerprint density at radius 1 is 1.21 bits per heavy atom. The van der Waals surface area contributed by atoms with Crippen LogP contribution in [0.2, 0.25) is 0 Å². The summed E-state index contributed by atoms with van der Waals surface area (Å²) in [5, 5.41) is 3.31. The summed E-state index contributed by atoms with van der Waals surface area (Å²) in [5.74, 6) is 0.920. The van der Waals surface area contributed by atoms with Crippen LogP contribution in [0.4, 0.5) is 0 Å². The van der Waals surface area contributed by atoms with E-state index in [-0.39, 0.29) is 0 Å². The first-order valence-electron chi connectivity index (χ1n) is 4.94. The fourth-order valence-electron chi connectivity index (χ4n) is 1.69. The van der Waals surface area contributed by atoms with Gasteiger partial charge in [0.15, 0.2) is 0 Å². The number of nitrogens with one attached hydrogen (secondary N) is 1. The molecule has 74 valence electrons. The van der Waals surface area contributed by atoms with E-state index in [4.69, 9.17) is 4.74 Å². The van der Waals surface area contributed by atoms with Crippen LogP contribution in [0, 0.1) is 0 Å². The lowest BCUT2D eigenvalue weighted by Crippen LogP contribution is -2.19. The van der Waals surface area contributed by atoms with Crippen LogP contribution in [0.3, 0.4) is 0 Å². The Morgan fingerprint density at radius 2 is 2.00 bits per heavy atom. The largest absolute Gasteiger partial charge is 0.497 e. The highest BCUT2D eigenvalue weighted by Gasteiger charge is 2.04. The highest BCUT2D eigenvalue weighted by atomic mass is 16.5. The van der Waals surface area contributed by atoms with Crippen molar-refractivity contribution in [1.82, 2.24) is 5.32 Å². The van der Waals surface area contributed by atoms with Crippen LogP contribution in [-0.4, -0.2) is 20.2 Å². The lowest BCUT2D eigenvalue weighted by Gasteiger charge is -2.14. The Bertz CT molecular complexity index is 327. The Kier molecular flexibility index (Phi) is 2.84. The molecule has 0 atom stereocenters. The Morgan fingerprint density at radius 3 is 2.57 bits per heavy atom. The fourth-order valence-corrected chi connectivity index (χ4v) is 1.69. The first-order valence-corrected chi connectivity index (χ1v) is 4.94. The van der Waals surface area contributed by atoms with Crippen LogP contribution in [0.15, 0.2) is 30.3 Å². The second-order valence-electron chi connectivity index (χ2n) is 3.41. The molecule has 2 nitrogen and oxygen atoms in total. The molecule has 1 N–H and O–H groups in total. The molecule has 0 fully saturated rings. The van der Waals surface area contributed by atoms with Gasteiger partial charge in [0, 0.05) is 6.54 Å². The molecule has 0 bridgehead atoms. The Labute approximate surface area is 84.6 Å². The number of hydrogen-bond acceptors (Lipinski definition) is 2. The van der Waals surface area contributed by atoms with Crippen LogP contribution in [0.25, 0.3) is 5.57 Å². The molecule has 1 heterocycles. The molecule has 1 aromatic rings. The molecule has 0 radical (unpaired) electrons. The molecule has 1 aliphatic heterocycles. The molecule has 0 unspecified atom stereocenters. The molecule has 2 heteroatoms. The number of ether oxygens (including phenoxy) is 1. The van der Waals surface area contributed by atoms with Gasteiger partial charge in [0.2, 0.25) is 0 Å². The van der Waals surface area contributed by atoms with Gasteiger partial charge in [-0.2, -0.15) is 0 Å². The normalized spacial score (nSPS) is 16.2. The van der Waals surface area contributed by atoms with Crippen molar-refractivity contribution in [2.75, 3.05) is 20.2 Å². The summed E-state index contributed by atoms with van der Waals surface area (Å²) in [6, 6.07) is 8.27.